The molecule has 0 aliphatic heterocycles. The van der Waals surface area contributed by atoms with Gasteiger partial charge in [0.2, 0.25) is 5.88 Å². The zero-order valence-electron chi connectivity index (χ0n) is 13.3. The van der Waals surface area contributed by atoms with Crippen molar-refractivity contribution in [2.24, 2.45) is 10.9 Å². The highest BCUT2D eigenvalue weighted by Gasteiger charge is 2.24. The average Bonchev–Trinajstić information content (AvgIpc) is 2.86. The Balaban J connectivity index is 2.11. The number of rotatable bonds is 5. The van der Waals surface area contributed by atoms with Crippen LogP contribution in [0.4, 0.5) is 5.69 Å². The third-order valence-corrected chi connectivity index (χ3v) is 4.49. The second-order valence-corrected chi connectivity index (χ2v) is 6.71. The molecule has 0 radical (unpaired) electrons. The SMILES string of the molecule is CCN(C)C=Nc1cc(Br)c(OC2CCC(C)C2)nc1C. The molecule has 5 heteroatoms. The lowest BCUT2D eigenvalue weighted by molar-refractivity contribution is 0.195. The number of nitrogens with zero attached hydrogens (tertiary/aromatic N) is 3. The second kappa shape index (κ2) is 7.25. The smallest absolute Gasteiger partial charge is 0.228 e. The fraction of sp³-hybridized carbons (Fsp3) is 0.625. The highest BCUT2D eigenvalue weighted by atomic mass is 79.9. The Morgan fingerprint density at radius 1 is 1.52 bits per heavy atom. The minimum absolute atomic E-state index is 0.295. The van der Waals surface area contributed by atoms with Crippen LogP contribution < -0.4 is 4.74 Å². The van der Waals surface area contributed by atoms with E-state index in [0.717, 1.165) is 41.2 Å². The molecule has 2 atom stereocenters. The minimum atomic E-state index is 0.295. The van der Waals surface area contributed by atoms with Crippen molar-refractivity contribution in [1.29, 1.82) is 0 Å². The first-order valence-corrected chi connectivity index (χ1v) is 8.37. The predicted octanol–water partition coefficient (Wildman–Crippen LogP) is 4.33. The lowest BCUT2D eigenvalue weighted by Gasteiger charge is -2.15. The van der Waals surface area contributed by atoms with Gasteiger partial charge in [-0.25, -0.2) is 9.98 Å². The molecule has 1 fully saturated rings. The number of aryl methyl sites for hydroxylation is 1. The summed E-state index contributed by atoms with van der Waals surface area (Å²) < 4.78 is 6.91. The van der Waals surface area contributed by atoms with Crippen LogP contribution in [0.5, 0.6) is 5.88 Å². The van der Waals surface area contributed by atoms with Crippen LogP contribution in [0.3, 0.4) is 0 Å². The van der Waals surface area contributed by atoms with Crippen molar-refractivity contribution in [3.8, 4) is 5.88 Å². The van der Waals surface area contributed by atoms with Gasteiger partial charge in [0, 0.05) is 13.6 Å². The van der Waals surface area contributed by atoms with E-state index in [-0.39, 0.29) is 0 Å². The number of hydrogen-bond donors (Lipinski definition) is 0. The third-order valence-electron chi connectivity index (χ3n) is 3.93. The largest absolute Gasteiger partial charge is 0.474 e. The molecule has 0 aromatic carbocycles. The van der Waals surface area contributed by atoms with Gasteiger partial charge in [0.15, 0.2) is 0 Å². The quantitative estimate of drug-likeness (QED) is 0.583. The Hall–Kier alpha value is -1.10. The minimum Gasteiger partial charge on any atom is -0.474 e. The predicted molar refractivity (Wildman–Crippen MR) is 90.6 cm³/mol. The van der Waals surface area contributed by atoms with E-state index in [4.69, 9.17) is 4.74 Å². The molecular weight excluding hydrogens is 330 g/mol. The molecule has 1 aliphatic rings. The zero-order valence-corrected chi connectivity index (χ0v) is 14.9. The molecule has 0 bridgehead atoms. The molecule has 1 aromatic rings. The van der Waals surface area contributed by atoms with Crippen molar-refractivity contribution in [1.82, 2.24) is 9.88 Å². The normalized spacial score (nSPS) is 22.0. The second-order valence-electron chi connectivity index (χ2n) is 5.86. The number of hydrogen-bond acceptors (Lipinski definition) is 3. The topological polar surface area (TPSA) is 37.7 Å². The van der Waals surface area contributed by atoms with Gasteiger partial charge in [-0.3, -0.25) is 0 Å². The summed E-state index contributed by atoms with van der Waals surface area (Å²) >= 11 is 3.55. The summed E-state index contributed by atoms with van der Waals surface area (Å²) in [6, 6.07) is 1.98. The first-order chi connectivity index (χ1) is 9.99. The number of halogens is 1. The van der Waals surface area contributed by atoms with Gasteiger partial charge in [0.1, 0.15) is 6.10 Å². The van der Waals surface area contributed by atoms with Crippen molar-refractivity contribution < 1.29 is 4.74 Å². The molecule has 2 rings (SSSR count). The molecule has 1 saturated carbocycles. The maximum absolute atomic E-state index is 6.04. The maximum Gasteiger partial charge on any atom is 0.228 e. The van der Waals surface area contributed by atoms with E-state index < -0.39 is 0 Å². The summed E-state index contributed by atoms with van der Waals surface area (Å²) in [5, 5.41) is 0. The lowest BCUT2D eigenvalue weighted by atomic mass is 10.1. The summed E-state index contributed by atoms with van der Waals surface area (Å²) in [4.78, 5) is 11.1. The van der Waals surface area contributed by atoms with Crippen LogP contribution in [0, 0.1) is 12.8 Å². The molecule has 0 amide bonds. The monoisotopic (exact) mass is 353 g/mol. The van der Waals surface area contributed by atoms with Gasteiger partial charge in [-0.15, -0.1) is 0 Å². The van der Waals surface area contributed by atoms with Gasteiger partial charge >= 0.3 is 0 Å². The zero-order chi connectivity index (χ0) is 15.4. The molecule has 116 valence electrons. The van der Waals surface area contributed by atoms with Crippen molar-refractivity contribution in [2.45, 2.75) is 46.1 Å². The van der Waals surface area contributed by atoms with Crippen molar-refractivity contribution in [2.75, 3.05) is 13.6 Å². The molecule has 0 saturated heterocycles. The number of aromatic nitrogens is 1. The summed E-state index contributed by atoms with van der Waals surface area (Å²) in [7, 11) is 2.00. The number of aliphatic imine (C=N–C) groups is 1. The van der Waals surface area contributed by atoms with Crippen LogP contribution in [-0.4, -0.2) is 35.9 Å². The average molecular weight is 354 g/mol. The van der Waals surface area contributed by atoms with E-state index in [1.807, 2.05) is 31.3 Å². The molecule has 1 heterocycles. The Labute approximate surface area is 135 Å². The Morgan fingerprint density at radius 2 is 2.29 bits per heavy atom. The molecule has 0 spiro atoms. The molecular formula is C16H24BrN3O. The standard InChI is InChI=1S/C16H24BrN3O/c1-5-20(4)10-18-15-9-14(17)16(19-12(15)3)21-13-7-6-11(2)8-13/h9-11,13H,5-8H2,1-4H3. The maximum atomic E-state index is 6.04. The van der Waals surface area contributed by atoms with E-state index in [1.54, 1.807) is 0 Å². The summed E-state index contributed by atoms with van der Waals surface area (Å²) in [5.41, 5.74) is 1.76. The van der Waals surface area contributed by atoms with Crippen molar-refractivity contribution in [3.63, 3.8) is 0 Å². The van der Waals surface area contributed by atoms with Crippen LogP contribution in [0.1, 0.15) is 38.8 Å². The highest BCUT2D eigenvalue weighted by Crippen LogP contribution is 2.34. The lowest BCUT2D eigenvalue weighted by Crippen LogP contribution is -2.14. The van der Waals surface area contributed by atoms with E-state index >= 15 is 0 Å². The van der Waals surface area contributed by atoms with Gasteiger partial charge in [0.25, 0.3) is 0 Å². The van der Waals surface area contributed by atoms with Crippen LogP contribution in [-0.2, 0) is 0 Å². The van der Waals surface area contributed by atoms with Crippen LogP contribution >= 0.6 is 15.9 Å². The first kappa shape index (κ1) is 16.3. The molecule has 0 N–H and O–H groups in total. The summed E-state index contributed by atoms with van der Waals surface area (Å²) in [5.74, 6) is 1.44. The Morgan fingerprint density at radius 3 is 2.90 bits per heavy atom. The van der Waals surface area contributed by atoms with Crippen LogP contribution in [0.2, 0.25) is 0 Å². The van der Waals surface area contributed by atoms with E-state index in [2.05, 4.69) is 39.8 Å². The molecule has 1 aliphatic carbocycles. The summed E-state index contributed by atoms with van der Waals surface area (Å²) in [6.45, 7) is 7.26. The van der Waals surface area contributed by atoms with Gasteiger partial charge in [-0.1, -0.05) is 6.92 Å². The van der Waals surface area contributed by atoms with Crippen LogP contribution in [0.25, 0.3) is 0 Å². The summed E-state index contributed by atoms with van der Waals surface area (Å²) in [6.07, 6.45) is 5.61. The van der Waals surface area contributed by atoms with Crippen molar-refractivity contribution >= 4 is 28.0 Å². The third kappa shape index (κ3) is 4.43. The fourth-order valence-corrected chi connectivity index (χ4v) is 2.82. The Kier molecular flexibility index (Phi) is 5.62. The van der Waals surface area contributed by atoms with E-state index in [1.165, 1.54) is 6.42 Å². The molecule has 2 unspecified atom stereocenters. The van der Waals surface area contributed by atoms with Gasteiger partial charge in [-0.05, 0) is 61.0 Å². The van der Waals surface area contributed by atoms with Gasteiger partial charge in [-0.2, -0.15) is 0 Å². The van der Waals surface area contributed by atoms with E-state index in [9.17, 15) is 0 Å². The molecule has 1 aromatic heterocycles. The Bertz CT molecular complexity index is 518. The van der Waals surface area contributed by atoms with Crippen LogP contribution in [0.15, 0.2) is 15.5 Å². The fourth-order valence-electron chi connectivity index (χ4n) is 2.42. The molecule has 4 nitrogen and oxygen atoms in total. The highest BCUT2D eigenvalue weighted by molar-refractivity contribution is 9.10. The number of ether oxygens (including phenoxy) is 1. The molecule has 21 heavy (non-hydrogen) atoms. The van der Waals surface area contributed by atoms with Gasteiger partial charge in [0.05, 0.1) is 22.2 Å². The van der Waals surface area contributed by atoms with E-state index in [0.29, 0.717) is 12.0 Å². The van der Waals surface area contributed by atoms with Crippen molar-refractivity contribution in [3.05, 3.63) is 16.2 Å². The number of pyridine rings is 1. The van der Waals surface area contributed by atoms with Gasteiger partial charge < -0.3 is 9.64 Å². The first-order valence-electron chi connectivity index (χ1n) is 7.57.